The van der Waals surface area contributed by atoms with Gasteiger partial charge in [-0.2, -0.15) is 13.2 Å². The number of halogens is 3. The van der Waals surface area contributed by atoms with Crippen LogP contribution < -0.4 is 10.6 Å². The molecule has 11 heteroatoms. The first-order chi connectivity index (χ1) is 14.1. The molecule has 0 spiro atoms. The number of nitrogens with one attached hydrogen (secondary N) is 2. The van der Waals surface area contributed by atoms with Gasteiger partial charge in [-0.25, -0.2) is 4.79 Å². The number of esters is 1. The molecule has 3 rings (SSSR count). The highest BCUT2D eigenvalue weighted by molar-refractivity contribution is 8.01. The van der Waals surface area contributed by atoms with Crippen molar-refractivity contribution in [2.45, 2.75) is 36.1 Å². The molecule has 0 saturated heterocycles. The Labute approximate surface area is 178 Å². The lowest BCUT2D eigenvalue weighted by molar-refractivity contribution is -0.137. The second-order valence-corrected chi connectivity index (χ2v) is 8.74. The van der Waals surface area contributed by atoms with Gasteiger partial charge in [-0.05, 0) is 30.7 Å². The predicted molar refractivity (Wildman–Crippen MR) is 108 cm³/mol. The van der Waals surface area contributed by atoms with E-state index in [4.69, 9.17) is 4.74 Å². The van der Waals surface area contributed by atoms with Crippen molar-refractivity contribution in [2.24, 2.45) is 0 Å². The molecule has 1 aliphatic rings. The Bertz CT molecular complexity index is 1000. The Kier molecular flexibility index (Phi) is 6.41. The fraction of sp³-hybridized carbons (Fsp3) is 0.316. The number of alkyl halides is 3. The van der Waals surface area contributed by atoms with E-state index in [1.165, 1.54) is 24.5 Å². The van der Waals surface area contributed by atoms with Gasteiger partial charge in [0.25, 0.3) is 0 Å². The molecule has 1 unspecified atom stereocenters. The van der Waals surface area contributed by atoms with Gasteiger partial charge in [0.05, 0.1) is 29.2 Å². The highest BCUT2D eigenvalue weighted by Gasteiger charge is 2.34. The molecule has 6 nitrogen and oxygen atoms in total. The molecule has 1 aromatic heterocycles. The number of ether oxygens (including phenoxy) is 1. The second-order valence-electron chi connectivity index (χ2n) is 6.36. The Balaban J connectivity index is 1.72. The van der Waals surface area contributed by atoms with Crippen LogP contribution in [0.2, 0.25) is 0 Å². The van der Waals surface area contributed by atoms with E-state index in [0.717, 1.165) is 28.8 Å². The van der Waals surface area contributed by atoms with Crippen molar-refractivity contribution in [3.63, 3.8) is 0 Å². The number of benzene rings is 1. The molecule has 30 heavy (non-hydrogen) atoms. The SMILES string of the molecule is CCc1cc(C(=O)OC)c(NC(=O)CC2Sc3ccc(C(F)(F)F)cc3NC2=O)s1. The lowest BCUT2D eigenvalue weighted by Gasteiger charge is -2.24. The summed E-state index contributed by atoms with van der Waals surface area (Å²) in [4.78, 5) is 38.0. The number of hydrogen-bond acceptors (Lipinski definition) is 6. The smallest absolute Gasteiger partial charge is 0.416 e. The monoisotopic (exact) mass is 458 g/mol. The molecule has 0 saturated carbocycles. The van der Waals surface area contributed by atoms with Crippen LogP contribution in [0, 0.1) is 0 Å². The number of thioether (sulfide) groups is 1. The van der Waals surface area contributed by atoms with Gasteiger partial charge in [0.2, 0.25) is 11.8 Å². The standard InChI is InChI=1S/C19H17F3N2O4S2/c1-3-10-7-11(18(27)28-2)17(29-10)24-15(25)8-14-16(26)23-12-6-9(19(20,21)22)4-5-13(12)30-14/h4-7,14H,3,8H2,1-2H3,(H,23,26)(H,24,25). The molecular formula is C19H17F3N2O4S2. The molecule has 0 radical (unpaired) electrons. The average molecular weight is 458 g/mol. The summed E-state index contributed by atoms with van der Waals surface area (Å²) in [6.07, 6.45) is -4.06. The third-order valence-corrected chi connectivity index (χ3v) is 6.76. The van der Waals surface area contributed by atoms with Gasteiger partial charge in [0, 0.05) is 16.2 Å². The summed E-state index contributed by atoms with van der Waals surface area (Å²) in [5.74, 6) is -1.64. The Hall–Kier alpha value is -2.53. The minimum absolute atomic E-state index is 0.0651. The largest absolute Gasteiger partial charge is 0.465 e. The van der Waals surface area contributed by atoms with Gasteiger partial charge in [-0.1, -0.05) is 6.92 Å². The van der Waals surface area contributed by atoms with E-state index >= 15 is 0 Å². The zero-order chi connectivity index (χ0) is 22.1. The number of hydrogen-bond donors (Lipinski definition) is 2. The molecule has 1 atom stereocenters. The summed E-state index contributed by atoms with van der Waals surface area (Å²) in [5.41, 5.74) is -0.563. The molecule has 0 aliphatic carbocycles. The quantitative estimate of drug-likeness (QED) is 0.642. The highest BCUT2D eigenvalue weighted by atomic mass is 32.2. The molecule has 0 fully saturated rings. The van der Waals surface area contributed by atoms with E-state index in [1.54, 1.807) is 6.07 Å². The number of carbonyl (C=O) groups is 3. The van der Waals surface area contributed by atoms with Crippen molar-refractivity contribution in [3.8, 4) is 0 Å². The summed E-state index contributed by atoms with van der Waals surface area (Å²) >= 11 is 2.26. The molecular weight excluding hydrogens is 441 g/mol. The van der Waals surface area contributed by atoms with Crippen molar-refractivity contribution in [3.05, 3.63) is 40.3 Å². The number of methoxy groups -OCH3 is 1. The molecule has 1 aliphatic heterocycles. The average Bonchev–Trinajstić information content (AvgIpc) is 3.09. The molecule has 2 heterocycles. The van der Waals surface area contributed by atoms with Crippen LogP contribution in [0.15, 0.2) is 29.2 Å². The van der Waals surface area contributed by atoms with Crippen LogP contribution in [-0.4, -0.2) is 30.1 Å². The molecule has 2 aromatic rings. The van der Waals surface area contributed by atoms with Crippen LogP contribution in [0.4, 0.5) is 23.9 Å². The highest BCUT2D eigenvalue weighted by Crippen LogP contribution is 2.40. The number of amides is 2. The number of carbonyl (C=O) groups excluding carboxylic acids is 3. The molecule has 2 N–H and O–H groups in total. The fourth-order valence-corrected chi connectivity index (χ4v) is 4.87. The predicted octanol–water partition coefficient (Wildman–Crippen LogP) is 4.56. The molecule has 0 bridgehead atoms. The summed E-state index contributed by atoms with van der Waals surface area (Å²) < 4.78 is 43.3. The zero-order valence-electron chi connectivity index (χ0n) is 15.9. The van der Waals surface area contributed by atoms with E-state index in [1.807, 2.05) is 6.92 Å². The Morgan fingerprint density at radius 2 is 2.00 bits per heavy atom. The van der Waals surface area contributed by atoms with Gasteiger partial charge < -0.3 is 15.4 Å². The number of anilines is 2. The van der Waals surface area contributed by atoms with Crippen molar-refractivity contribution >= 4 is 51.6 Å². The minimum Gasteiger partial charge on any atom is -0.465 e. The molecule has 160 valence electrons. The third-order valence-electron chi connectivity index (χ3n) is 4.29. The summed E-state index contributed by atoms with van der Waals surface area (Å²) in [6, 6.07) is 4.72. The second kappa shape index (κ2) is 8.68. The number of aryl methyl sites for hydroxylation is 1. The van der Waals surface area contributed by atoms with E-state index in [9.17, 15) is 27.6 Å². The van der Waals surface area contributed by atoms with Crippen LogP contribution in [0.25, 0.3) is 0 Å². The van der Waals surface area contributed by atoms with Gasteiger partial charge in [0.1, 0.15) is 5.00 Å². The van der Waals surface area contributed by atoms with E-state index in [2.05, 4.69) is 10.6 Å². The first kappa shape index (κ1) is 22.2. The van der Waals surface area contributed by atoms with E-state index in [-0.39, 0.29) is 17.7 Å². The topological polar surface area (TPSA) is 84.5 Å². The summed E-state index contributed by atoms with van der Waals surface area (Å²) in [6.45, 7) is 1.91. The molecule has 1 aromatic carbocycles. The summed E-state index contributed by atoms with van der Waals surface area (Å²) in [5, 5.41) is 4.59. The Morgan fingerprint density at radius 3 is 2.63 bits per heavy atom. The maximum absolute atomic E-state index is 12.8. The van der Waals surface area contributed by atoms with Gasteiger partial charge in [-0.15, -0.1) is 23.1 Å². The lowest BCUT2D eigenvalue weighted by atomic mass is 10.1. The van der Waals surface area contributed by atoms with Crippen LogP contribution in [0.3, 0.4) is 0 Å². The first-order valence-electron chi connectivity index (χ1n) is 8.82. The number of fused-ring (bicyclic) bond motifs is 1. The number of thiophene rings is 1. The maximum atomic E-state index is 12.8. The van der Waals surface area contributed by atoms with Crippen LogP contribution in [0.1, 0.15) is 34.1 Å². The summed E-state index contributed by atoms with van der Waals surface area (Å²) in [7, 11) is 1.24. The van der Waals surface area contributed by atoms with Crippen LogP contribution >= 0.6 is 23.1 Å². The normalized spacial score (nSPS) is 15.9. The fourth-order valence-electron chi connectivity index (χ4n) is 2.78. The van der Waals surface area contributed by atoms with Crippen LogP contribution in [0.5, 0.6) is 0 Å². The number of rotatable bonds is 5. The molecule has 2 amide bonds. The lowest BCUT2D eigenvalue weighted by Crippen LogP contribution is -2.32. The van der Waals surface area contributed by atoms with Crippen LogP contribution in [-0.2, 0) is 26.9 Å². The van der Waals surface area contributed by atoms with E-state index in [0.29, 0.717) is 16.3 Å². The van der Waals surface area contributed by atoms with Crippen molar-refractivity contribution in [1.29, 1.82) is 0 Å². The Morgan fingerprint density at radius 1 is 1.27 bits per heavy atom. The maximum Gasteiger partial charge on any atom is 0.416 e. The van der Waals surface area contributed by atoms with Gasteiger partial charge in [0.15, 0.2) is 0 Å². The van der Waals surface area contributed by atoms with Crippen molar-refractivity contribution in [2.75, 3.05) is 17.7 Å². The van der Waals surface area contributed by atoms with Gasteiger partial charge in [-0.3, -0.25) is 9.59 Å². The van der Waals surface area contributed by atoms with E-state index < -0.39 is 34.8 Å². The van der Waals surface area contributed by atoms with Crippen molar-refractivity contribution in [1.82, 2.24) is 0 Å². The minimum atomic E-state index is -4.52. The first-order valence-corrected chi connectivity index (χ1v) is 10.5. The third kappa shape index (κ3) is 4.78. The van der Waals surface area contributed by atoms with Crippen molar-refractivity contribution < 1.29 is 32.3 Å². The van der Waals surface area contributed by atoms with Gasteiger partial charge >= 0.3 is 12.1 Å². The zero-order valence-corrected chi connectivity index (χ0v) is 17.5.